The first-order valence-electron chi connectivity index (χ1n) is 19.2. The number of aliphatic hydroxyl groups is 5. The Balaban J connectivity index is 2.18. The van der Waals surface area contributed by atoms with Gasteiger partial charge in [0, 0.05) is 39.1 Å². The number of amides is 1. The highest BCUT2D eigenvalue weighted by Gasteiger charge is 2.52. The third-order valence-electron chi connectivity index (χ3n) is 12.2. The van der Waals surface area contributed by atoms with E-state index in [1.807, 2.05) is 25.8 Å². The Morgan fingerprint density at radius 1 is 0.981 bits per heavy atom. The molecule has 15 heteroatoms. The Bertz CT molecular complexity index is 1190. The second kappa shape index (κ2) is 18.2. The second-order valence-electron chi connectivity index (χ2n) is 17.0. The number of aliphatic hydroxyl groups excluding tert-OH is 3. The molecular formula is C38H70N2O13. The number of ether oxygens (including phenoxy) is 6. The number of carbonyl (C=O) groups is 2. The van der Waals surface area contributed by atoms with Crippen molar-refractivity contribution in [3.8, 4) is 0 Å². The summed E-state index contributed by atoms with van der Waals surface area (Å²) in [5, 5.41) is 58.1. The van der Waals surface area contributed by atoms with Gasteiger partial charge in [0.1, 0.15) is 30.0 Å². The molecule has 0 saturated carbocycles. The van der Waals surface area contributed by atoms with Gasteiger partial charge in [-0.25, -0.2) is 0 Å². The Labute approximate surface area is 316 Å². The molecule has 0 bridgehead atoms. The summed E-state index contributed by atoms with van der Waals surface area (Å²) >= 11 is 0. The molecule has 0 radical (unpaired) electrons. The highest BCUT2D eigenvalue weighted by atomic mass is 16.7. The van der Waals surface area contributed by atoms with Crippen molar-refractivity contribution in [2.75, 3.05) is 27.7 Å². The van der Waals surface area contributed by atoms with Crippen LogP contribution >= 0.6 is 0 Å². The minimum absolute atomic E-state index is 0.101. The zero-order valence-corrected chi connectivity index (χ0v) is 34.2. The second-order valence-corrected chi connectivity index (χ2v) is 17.0. The van der Waals surface area contributed by atoms with Crippen molar-refractivity contribution < 1.29 is 63.5 Å². The molecule has 0 aliphatic carbocycles. The number of likely N-dealkylation sites (N-methyl/N-ethyl adjacent to an activating group) is 2. The van der Waals surface area contributed by atoms with E-state index in [1.165, 1.54) is 18.9 Å². The molecule has 3 rings (SSSR count). The van der Waals surface area contributed by atoms with Crippen molar-refractivity contribution in [2.24, 2.45) is 17.8 Å². The third-order valence-corrected chi connectivity index (χ3v) is 12.2. The first-order valence-corrected chi connectivity index (χ1v) is 19.2. The largest absolute Gasteiger partial charge is 0.459 e. The van der Waals surface area contributed by atoms with Crippen LogP contribution in [0.4, 0.5) is 0 Å². The number of hydrogen-bond acceptors (Lipinski definition) is 14. The lowest BCUT2D eigenvalue weighted by Gasteiger charge is -2.48. The first kappa shape index (κ1) is 45.9. The average Bonchev–Trinajstić information content (AvgIpc) is 3.09. The van der Waals surface area contributed by atoms with E-state index < -0.39 is 108 Å². The van der Waals surface area contributed by atoms with Gasteiger partial charge in [0.25, 0.3) is 0 Å². The Hall–Kier alpha value is -1.50. The number of hydrogen-bond donors (Lipinski definition) is 5. The van der Waals surface area contributed by atoms with Crippen molar-refractivity contribution >= 4 is 12.4 Å². The van der Waals surface area contributed by atoms with E-state index in [2.05, 4.69) is 0 Å². The standard InChI is InChI=1S/C38H70N2O13/c1-14-27-38(10,47)31(43)24(6)39(11)18-20(2)16-36(8,46)33(53-35-29(42)26(40(12)19-41)15-21(3)49-35)22(4)30(23(5)34(45)51-27)52-28-17-37(9,48-13)32(44)25(7)50-28/h19-33,35,42-44,46-47H,14-18H2,1-13H3/t20-,21?,22+,23-,24-,25?,26?,27-,28+,29+,30+,31-,32+,33-,35+,36-,37+,38-/m1/s1. The van der Waals surface area contributed by atoms with Gasteiger partial charge in [-0.05, 0) is 80.7 Å². The summed E-state index contributed by atoms with van der Waals surface area (Å²) in [5.41, 5.74) is -4.50. The maximum Gasteiger partial charge on any atom is 0.311 e. The van der Waals surface area contributed by atoms with Crippen LogP contribution < -0.4 is 0 Å². The lowest BCUT2D eigenvalue weighted by atomic mass is 9.77. The normalized spacial score (nSPS) is 48.6. The van der Waals surface area contributed by atoms with Gasteiger partial charge in [-0.1, -0.05) is 20.8 Å². The van der Waals surface area contributed by atoms with Gasteiger partial charge >= 0.3 is 5.97 Å². The molecule has 0 aromatic rings. The molecule has 5 N–H and O–H groups in total. The van der Waals surface area contributed by atoms with Gasteiger partial charge < -0.3 is 63.8 Å². The van der Waals surface area contributed by atoms with Crippen molar-refractivity contribution in [3.63, 3.8) is 0 Å². The first-order chi connectivity index (χ1) is 24.4. The lowest BCUT2D eigenvalue weighted by Crippen LogP contribution is -2.60. The molecule has 3 unspecified atom stereocenters. The Morgan fingerprint density at radius 3 is 2.17 bits per heavy atom. The van der Waals surface area contributed by atoms with Crippen LogP contribution in [-0.2, 0) is 38.0 Å². The molecule has 3 aliphatic heterocycles. The van der Waals surface area contributed by atoms with Crippen LogP contribution in [0.5, 0.6) is 0 Å². The minimum Gasteiger partial charge on any atom is -0.459 e. The molecule has 3 saturated heterocycles. The molecule has 3 fully saturated rings. The number of methoxy groups -OCH3 is 1. The summed E-state index contributed by atoms with van der Waals surface area (Å²) in [6.07, 6.45) is -8.72. The lowest BCUT2D eigenvalue weighted by molar-refractivity contribution is -0.317. The summed E-state index contributed by atoms with van der Waals surface area (Å²) in [6.45, 7) is 17.6. The highest BCUT2D eigenvalue weighted by molar-refractivity contribution is 5.73. The van der Waals surface area contributed by atoms with Crippen molar-refractivity contribution in [1.82, 2.24) is 9.80 Å². The molecule has 1 amide bonds. The van der Waals surface area contributed by atoms with Crippen molar-refractivity contribution in [1.29, 1.82) is 0 Å². The summed E-state index contributed by atoms with van der Waals surface area (Å²) in [4.78, 5) is 29.2. The fourth-order valence-electron chi connectivity index (χ4n) is 8.71. The molecule has 310 valence electrons. The van der Waals surface area contributed by atoms with Crippen molar-refractivity contribution in [2.45, 2.75) is 185 Å². The fraction of sp³-hybridized carbons (Fsp3) is 0.947. The minimum atomic E-state index is -1.82. The number of cyclic esters (lactones) is 1. The summed E-state index contributed by atoms with van der Waals surface area (Å²) in [5.74, 6) is -2.78. The quantitative estimate of drug-likeness (QED) is 0.176. The predicted molar refractivity (Wildman–Crippen MR) is 194 cm³/mol. The van der Waals surface area contributed by atoms with E-state index in [4.69, 9.17) is 28.4 Å². The SMILES string of the molecule is CC[C@H]1OC(=O)[C@H](C)[C@@H](O[C@H]2C[C@](C)(OC)[C@@H](O)C(C)O2)[C@H](C)[C@@H](O[C@@H]2OC(C)CC(N(C)C=O)[C@@H]2O)[C@](C)(O)C[C@@H](C)CN(C)[C@H](C)[C@@H](O)[C@]1(C)O. The molecular weight excluding hydrogens is 692 g/mol. The maximum atomic E-state index is 14.2. The average molecular weight is 763 g/mol. The third kappa shape index (κ3) is 10.3. The van der Waals surface area contributed by atoms with E-state index in [-0.39, 0.29) is 25.2 Å². The van der Waals surface area contributed by atoms with Crippen molar-refractivity contribution in [3.05, 3.63) is 0 Å². The van der Waals surface area contributed by atoms with Crippen LogP contribution in [0.15, 0.2) is 0 Å². The smallest absolute Gasteiger partial charge is 0.311 e. The van der Waals surface area contributed by atoms with Gasteiger partial charge in [0.15, 0.2) is 12.6 Å². The number of rotatable bonds is 8. The van der Waals surface area contributed by atoms with Crippen LogP contribution in [0.1, 0.15) is 94.9 Å². The summed E-state index contributed by atoms with van der Waals surface area (Å²) in [6, 6.07) is -1.19. The molecule has 0 aromatic heterocycles. The van der Waals surface area contributed by atoms with Gasteiger partial charge in [0.2, 0.25) is 6.41 Å². The predicted octanol–water partition coefficient (Wildman–Crippen LogP) is 1.43. The number of nitrogens with zero attached hydrogens (tertiary/aromatic N) is 2. The number of esters is 1. The van der Waals surface area contributed by atoms with Crippen LogP contribution in [0, 0.1) is 17.8 Å². The highest BCUT2D eigenvalue weighted by Crippen LogP contribution is 2.40. The number of carbonyl (C=O) groups excluding carboxylic acids is 2. The molecule has 15 nitrogen and oxygen atoms in total. The fourth-order valence-corrected chi connectivity index (χ4v) is 8.71. The van der Waals surface area contributed by atoms with Crippen LogP contribution in [-0.4, -0.2) is 166 Å². The zero-order chi connectivity index (χ0) is 40.4. The van der Waals surface area contributed by atoms with Crippen LogP contribution in [0.25, 0.3) is 0 Å². The molecule has 53 heavy (non-hydrogen) atoms. The van der Waals surface area contributed by atoms with Gasteiger partial charge in [0.05, 0.1) is 47.6 Å². The monoisotopic (exact) mass is 762 g/mol. The van der Waals surface area contributed by atoms with Gasteiger partial charge in [-0.3, -0.25) is 9.59 Å². The van der Waals surface area contributed by atoms with E-state index >= 15 is 0 Å². The molecule has 0 aromatic carbocycles. The van der Waals surface area contributed by atoms with E-state index in [1.54, 1.807) is 55.5 Å². The molecule has 0 spiro atoms. The summed E-state index contributed by atoms with van der Waals surface area (Å²) < 4.78 is 37.3. The molecule has 3 heterocycles. The summed E-state index contributed by atoms with van der Waals surface area (Å²) in [7, 11) is 4.88. The molecule has 3 aliphatic rings. The van der Waals surface area contributed by atoms with E-state index in [9.17, 15) is 35.1 Å². The van der Waals surface area contributed by atoms with Gasteiger partial charge in [-0.15, -0.1) is 0 Å². The van der Waals surface area contributed by atoms with E-state index in [0.29, 0.717) is 19.4 Å². The topological polar surface area (TPSA) is 197 Å². The molecule has 18 atom stereocenters. The maximum absolute atomic E-state index is 14.2. The Morgan fingerprint density at radius 2 is 1.60 bits per heavy atom. The van der Waals surface area contributed by atoms with E-state index in [0.717, 1.165) is 0 Å². The van der Waals surface area contributed by atoms with Gasteiger partial charge in [-0.2, -0.15) is 0 Å². The van der Waals surface area contributed by atoms with Crippen LogP contribution in [0.3, 0.4) is 0 Å². The Kier molecular flexibility index (Phi) is 15.7. The van der Waals surface area contributed by atoms with Crippen LogP contribution in [0.2, 0.25) is 0 Å². The zero-order valence-electron chi connectivity index (χ0n) is 34.2.